The Labute approximate surface area is 75.0 Å². The molecule has 1 N–H and O–H groups in total. The average molecular weight is 169 g/mol. The van der Waals surface area contributed by atoms with E-state index >= 15 is 0 Å². The molecule has 0 saturated heterocycles. The van der Waals surface area contributed by atoms with E-state index in [1.165, 1.54) is 18.4 Å². The minimum atomic E-state index is 0.837. The molecule has 0 atom stereocenters. The van der Waals surface area contributed by atoms with Crippen LogP contribution < -0.4 is 5.32 Å². The van der Waals surface area contributed by atoms with E-state index in [1.807, 2.05) is 6.92 Å². The molecule has 0 radical (unpaired) electrons. The van der Waals surface area contributed by atoms with Crippen LogP contribution >= 0.6 is 0 Å². The summed E-state index contributed by atoms with van der Waals surface area (Å²) in [7, 11) is 0. The van der Waals surface area contributed by atoms with Crippen molar-refractivity contribution in [3.8, 4) is 0 Å². The van der Waals surface area contributed by atoms with Crippen LogP contribution in [0.3, 0.4) is 0 Å². The van der Waals surface area contributed by atoms with E-state index < -0.39 is 0 Å². The van der Waals surface area contributed by atoms with E-state index in [9.17, 15) is 0 Å². The van der Waals surface area contributed by atoms with Gasteiger partial charge in [-0.3, -0.25) is 0 Å². The third kappa shape index (κ3) is 5.33. The standard InChI is InChI=1S/C10H19NO/c1-9(2)7-11-5-6-12-8-10-3-4-10/h10-11H,1,3-8H2,2H3. The van der Waals surface area contributed by atoms with Crippen LogP contribution in [0, 0.1) is 5.92 Å². The molecule has 0 aromatic carbocycles. The maximum absolute atomic E-state index is 5.45. The molecule has 0 bridgehead atoms. The molecule has 0 aromatic heterocycles. The molecule has 1 aliphatic carbocycles. The van der Waals surface area contributed by atoms with Gasteiger partial charge in [-0.15, -0.1) is 0 Å². The normalized spacial score (nSPS) is 16.4. The van der Waals surface area contributed by atoms with Gasteiger partial charge < -0.3 is 10.1 Å². The van der Waals surface area contributed by atoms with Crippen LogP contribution in [0.4, 0.5) is 0 Å². The number of rotatable bonds is 7. The lowest BCUT2D eigenvalue weighted by Gasteiger charge is -2.04. The van der Waals surface area contributed by atoms with Crippen molar-refractivity contribution in [3.05, 3.63) is 12.2 Å². The van der Waals surface area contributed by atoms with Gasteiger partial charge in [0, 0.05) is 19.7 Å². The first-order chi connectivity index (χ1) is 5.79. The first kappa shape index (κ1) is 9.75. The fourth-order valence-corrected chi connectivity index (χ4v) is 0.981. The topological polar surface area (TPSA) is 21.3 Å². The Morgan fingerprint density at radius 3 is 2.92 bits per heavy atom. The van der Waals surface area contributed by atoms with Crippen molar-refractivity contribution in [2.75, 3.05) is 26.3 Å². The Morgan fingerprint density at radius 2 is 2.33 bits per heavy atom. The Hall–Kier alpha value is -0.340. The Balaban J connectivity index is 1.73. The summed E-state index contributed by atoms with van der Waals surface area (Å²) in [6.45, 7) is 9.49. The second kappa shape index (κ2) is 5.33. The van der Waals surface area contributed by atoms with Gasteiger partial charge in [0.25, 0.3) is 0 Å². The largest absolute Gasteiger partial charge is 0.380 e. The molecule has 0 unspecified atom stereocenters. The summed E-state index contributed by atoms with van der Waals surface area (Å²) in [6, 6.07) is 0. The molecule has 1 rings (SSSR count). The Bertz CT molecular complexity index is 141. The predicted octanol–water partition coefficient (Wildman–Crippen LogP) is 1.58. The maximum Gasteiger partial charge on any atom is 0.0591 e. The molecule has 0 aliphatic heterocycles. The lowest BCUT2D eigenvalue weighted by molar-refractivity contribution is 0.127. The molecule has 0 amide bonds. The van der Waals surface area contributed by atoms with Gasteiger partial charge in [-0.1, -0.05) is 12.2 Å². The number of nitrogens with one attached hydrogen (secondary N) is 1. The average Bonchev–Trinajstić information content (AvgIpc) is 2.79. The van der Waals surface area contributed by atoms with Gasteiger partial charge in [-0.25, -0.2) is 0 Å². The van der Waals surface area contributed by atoms with Crippen LogP contribution in [0.2, 0.25) is 0 Å². The third-order valence-electron chi connectivity index (χ3n) is 1.90. The van der Waals surface area contributed by atoms with Crippen molar-refractivity contribution < 1.29 is 4.74 Å². The highest BCUT2D eigenvalue weighted by atomic mass is 16.5. The number of hydrogen-bond donors (Lipinski definition) is 1. The first-order valence-electron chi connectivity index (χ1n) is 4.72. The van der Waals surface area contributed by atoms with Crippen molar-refractivity contribution >= 4 is 0 Å². The van der Waals surface area contributed by atoms with E-state index in [2.05, 4.69) is 11.9 Å². The Morgan fingerprint density at radius 1 is 1.58 bits per heavy atom. The quantitative estimate of drug-likeness (QED) is 0.461. The zero-order chi connectivity index (χ0) is 8.81. The molecular weight excluding hydrogens is 150 g/mol. The van der Waals surface area contributed by atoms with Crippen LogP contribution in [0.1, 0.15) is 19.8 Å². The number of hydrogen-bond acceptors (Lipinski definition) is 2. The van der Waals surface area contributed by atoms with Crippen molar-refractivity contribution in [1.82, 2.24) is 5.32 Å². The highest BCUT2D eigenvalue weighted by Gasteiger charge is 2.20. The highest BCUT2D eigenvalue weighted by Crippen LogP contribution is 2.28. The van der Waals surface area contributed by atoms with E-state index in [4.69, 9.17) is 4.74 Å². The van der Waals surface area contributed by atoms with E-state index in [1.54, 1.807) is 0 Å². The van der Waals surface area contributed by atoms with E-state index in [-0.39, 0.29) is 0 Å². The number of ether oxygens (including phenoxy) is 1. The SMILES string of the molecule is C=C(C)CNCCOCC1CC1. The monoisotopic (exact) mass is 169 g/mol. The molecule has 70 valence electrons. The van der Waals surface area contributed by atoms with Gasteiger partial charge in [0.05, 0.1) is 6.61 Å². The van der Waals surface area contributed by atoms with Crippen molar-refractivity contribution in [2.45, 2.75) is 19.8 Å². The summed E-state index contributed by atoms with van der Waals surface area (Å²) in [4.78, 5) is 0. The summed E-state index contributed by atoms with van der Waals surface area (Å²) < 4.78 is 5.45. The van der Waals surface area contributed by atoms with Crippen LogP contribution in [-0.2, 0) is 4.74 Å². The zero-order valence-electron chi connectivity index (χ0n) is 7.94. The minimum Gasteiger partial charge on any atom is -0.380 e. The van der Waals surface area contributed by atoms with Crippen molar-refractivity contribution in [2.24, 2.45) is 5.92 Å². The summed E-state index contributed by atoms with van der Waals surface area (Å²) in [5.41, 5.74) is 1.18. The molecule has 1 aliphatic rings. The summed E-state index contributed by atoms with van der Waals surface area (Å²) >= 11 is 0. The maximum atomic E-state index is 5.45. The summed E-state index contributed by atoms with van der Waals surface area (Å²) in [5.74, 6) is 0.881. The predicted molar refractivity (Wildman–Crippen MR) is 51.2 cm³/mol. The van der Waals surface area contributed by atoms with Gasteiger partial charge >= 0.3 is 0 Å². The van der Waals surface area contributed by atoms with Crippen molar-refractivity contribution in [3.63, 3.8) is 0 Å². The molecule has 1 fully saturated rings. The minimum absolute atomic E-state index is 0.837. The molecule has 2 nitrogen and oxygen atoms in total. The molecule has 2 heteroatoms. The third-order valence-corrected chi connectivity index (χ3v) is 1.90. The van der Waals surface area contributed by atoms with Gasteiger partial charge in [0.15, 0.2) is 0 Å². The van der Waals surface area contributed by atoms with Gasteiger partial charge in [0.1, 0.15) is 0 Å². The van der Waals surface area contributed by atoms with Gasteiger partial charge in [-0.2, -0.15) is 0 Å². The highest BCUT2D eigenvalue weighted by molar-refractivity contribution is 4.90. The summed E-state index contributed by atoms with van der Waals surface area (Å²) in [6.07, 6.45) is 2.75. The van der Waals surface area contributed by atoms with Crippen molar-refractivity contribution in [1.29, 1.82) is 0 Å². The molecule has 1 saturated carbocycles. The summed E-state index contributed by atoms with van der Waals surface area (Å²) in [5, 5.41) is 3.25. The lowest BCUT2D eigenvalue weighted by atomic mass is 10.3. The fraction of sp³-hybridized carbons (Fsp3) is 0.800. The molecular formula is C10H19NO. The lowest BCUT2D eigenvalue weighted by Crippen LogP contribution is -2.21. The smallest absolute Gasteiger partial charge is 0.0591 e. The molecule has 0 heterocycles. The van der Waals surface area contributed by atoms with Crippen LogP contribution in [0.25, 0.3) is 0 Å². The zero-order valence-corrected chi connectivity index (χ0v) is 7.94. The van der Waals surface area contributed by atoms with Crippen LogP contribution in [0.15, 0.2) is 12.2 Å². The second-order valence-corrected chi connectivity index (χ2v) is 3.65. The van der Waals surface area contributed by atoms with Crippen LogP contribution in [-0.4, -0.2) is 26.3 Å². The van der Waals surface area contributed by atoms with E-state index in [0.29, 0.717) is 0 Å². The molecule has 12 heavy (non-hydrogen) atoms. The van der Waals surface area contributed by atoms with Gasteiger partial charge in [0.2, 0.25) is 0 Å². The Kier molecular flexibility index (Phi) is 4.33. The molecule has 0 aromatic rings. The molecule has 0 spiro atoms. The first-order valence-corrected chi connectivity index (χ1v) is 4.72. The second-order valence-electron chi connectivity index (χ2n) is 3.65. The van der Waals surface area contributed by atoms with Crippen LogP contribution in [0.5, 0.6) is 0 Å². The fourth-order valence-electron chi connectivity index (χ4n) is 0.981. The van der Waals surface area contributed by atoms with E-state index in [0.717, 1.165) is 32.2 Å². The van der Waals surface area contributed by atoms with Gasteiger partial charge in [-0.05, 0) is 25.7 Å².